The Labute approximate surface area is 172 Å². The van der Waals surface area contributed by atoms with Gasteiger partial charge in [0.05, 0.1) is 12.2 Å². The molecule has 0 radical (unpaired) electrons. The average Bonchev–Trinajstić information content (AvgIpc) is 2.68. The van der Waals surface area contributed by atoms with E-state index in [1.54, 1.807) is 18.2 Å². The van der Waals surface area contributed by atoms with Crippen LogP contribution >= 0.6 is 23.2 Å². The van der Waals surface area contributed by atoms with Crippen molar-refractivity contribution in [1.29, 1.82) is 0 Å². The van der Waals surface area contributed by atoms with Crippen LogP contribution in [0.1, 0.15) is 26.3 Å². The van der Waals surface area contributed by atoms with Crippen molar-refractivity contribution >= 4 is 35.1 Å². The molecule has 0 heterocycles. The first kappa shape index (κ1) is 19.9. The van der Waals surface area contributed by atoms with E-state index in [0.29, 0.717) is 16.5 Å². The molecule has 0 aliphatic carbocycles. The Hall–Kier alpha value is -2.82. The van der Waals surface area contributed by atoms with Gasteiger partial charge in [-0.05, 0) is 35.9 Å². The van der Waals surface area contributed by atoms with Gasteiger partial charge in [-0.1, -0.05) is 65.7 Å². The Kier molecular flexibility index (Phi) is 6.69. The third kappa shape index (κ3) is 5.35. The average molecular weight is 415 g/mol. The number of halogens is 2. The molecule has 6 heteroatoms. The van der Waals surface area contributed by atoms with E-state index in [2.05, 4.69) is 0 Å². The topological polar surface area (TPSA) is 52.6 Å². The maximum Gasteiger partial charge on any atom is 0.343 e. The molecule has 4 nitrogen and oxygen atoms in total. The van der Waals surface area contributed by atoms with Crippen molar-refractivity contribution in [2.24, 2.45) is 0 Å². The smallest absolute Gasteiger partial charge is 0.343 e. The van der Waals surface area contributed by atoms with Crippen LogP contribution < -0.4 is 4.74 Å². The SMILES string of the molecule is O=C(Oc1ccccc1C(=O)OCCc1ccccc1)c1cc(Cl)cc(Cl)c1. The standard InChI is InChI=1S/C22H16Cl2O4/c23-17-12-16(13-18(24)14-17)21(25)28-20-9-5-4-8-19(20)22(26)27-11-10-15-6-2-1-3-7-15/h1-9,12-14H,10-11H2. The number of rotatable bonds is 6. The van der Waals surface area contributed by atoms with Gasteiger partial charge in [0.1, 0.15) is 11.3 Å². The van der Waals surface area contributed by atoms with E-state index in [1.165, 1.54) is 24.3 Å². The Morgan fingerprint density at radius 3 is 2.14 bits per heavy atom. The van der Waals surface area contributed by atoms with Crippen LogP contribution in [-0.4, -0.2) is 18.5 Å². The fourth-order valence-electron chi connectivity index (χ4n) is 2.54. The highest BCUT2D eigenvalue weighted by Gasteiger charge is 2.18. The van der Waals surface area contributed by atoms with E-state index in [0.717, 1.165) is 5.56 Å². The fraction of sp³-hybridized carbons (Fsp3) is 0.0909. The molecule has 0 bridgehead atoms. The Balaban J connectivity index is 1.68. The lowest BCUT2D eigenvalue weighted by Gasteiger charge is -2.10. The summed E-state index contributed by atoms with van der Waals surface area (Å²) in [6.07, 6.45) is 0.593. The molecule has 3 rings (SSSR count). The third-order valence-electron chi connectivity index (χ3n) is 3.87. The second kappa shape index (κ2) is 9.40. The predicted octanol–water partition coefficient (Wildman–Crippen LogP) is 5.61. The molecule has 0 amide bonds. The van der Waals surface area contributed by atoms with Gasteiger partial charge in [0, 0.05) is 16.5 Å². The molecule has 0 aliphatic heterocycles. The van der Waals surface area contributed by atoms with Gasteiger partial charge in [-0.3, -0.25) is 0 Å². The minimum atomic E-state index is -0.672. The van der Waals surface area contributed by atoms with E-state index in [9.17, 15) is 9.59 Å². The zero-order valence-electron chi connectivity index (χ0n) is 14.7. The van der Waals surface area contributed by atoms with E-state index < -0.39 is 11.9 Å². The van der Waals surface area contributed by atoms with Gasteiger partial charge in [0.2, 0.25) is 0 Å². The van der Waals surface area contributed by atoms with Crippen LogP contribution in [0.5, 0.6) is 5.75 Å². The van der Waals surface area contributed by atoms with Gasteiger partial charge in [-0.15, -0.1) is 0 Å². The normalized spacial score (nSPS) is 10.4. The second-order valence-electron chi connectivity index (χ2n) is 5.92. The Morgan fingerprint density at radius 2 is 1.43 bits per heavy atom. The van der Waals surface area contributed by atoms with Crippen molar-refractivity contribution in [3.63, 3.8) is 0 Å². The minimum absolute atomic E-state index is 0.105. The van der Waals surface area contributed by atoms with Crippen molar-refractivity contribution in [3.05, 3.63) is 99.5 Å². The van der Waals surface area contributed by atoms with Crippen molar-refractivity contribution in [3.8, 4) is 5.75 Å². The predicted molar refractivity (Wildman–Crippen MR) is 108 cm³/mol. The van der Waals surface area contributed by atoms with Crippen LogP contribution in [0.25, 0.3) is 0 Å². The van der Waals surface area contributed by atoms with Crippen LogP contribution in [0, 0.1) is 0 Å². The molecule has 0 saturated carbocycles. The Morgan fingerprint density at radius 1 is 0.786 bits per heavy atom. The number of benzene rings is 3. The summed E-state index contributed by atoms with van der Waals surface area (Å²) >= 11 is 11.8. The first-order valence-electron chi connectivity index (χ1n) is 8.51. The molecule has 0 aliphatic rings. The van der Waals surface area contributed by atoms with Crippen molar-refractivity contribution in [1.82, 2.24) is 0 Å². The molecule has 0 aromatic heterocycles. The van der Waals surface area contributed by atoms with Crippen LogP contribution in [0.3, 0.4) is 0 Å². The number of para-hydroxylation sites is 1. The van der Waals surface area contributed by atoms with Gasteiger partial charge >= 0.3 is 11.9 Å². The van der Waals surface area contributed by atoms with Crippen LogP contribution in [-0.2, 0) is 11.2 Å². The van der Waals surface area contributed by atoms with Crippen LogP contribution in [0.15, 0.2) is 72.8 Å². The summed E-state index contributed by atoms with van der Waals surface area (Å²) in [5, 5.41) is 0.626. The highest BCUT2D eigenvalue weighted by molar-refractivity contribution is 6.35. The molecule has 0 N–H and O–H groups in total. The zero-order chi connectivity index (χ0) is 19.9. The van der Waals surface area contributed by atoms with Gasteiger partial charge in [-0.25, -0.2) is 9.59 Å². The summed E-state index contributed by atoms with van der Waals surface area (Å²) < 4.78 is 10.7. The van der Waals surface area contributed by atoms with E-state index >= 15 is 0 Å². The van der Waals surface area contributed by atoms with Crippen molar-refractivity contribution in [2.75, 3.05) is 6.61 Å². The molecule has 0 unspecified atom stereocenters. The van der Waals surface area contributed by atoms with E-state index in [1.807, 2.05) is 30.3 Å². The summed E-state index contributed by atoms with van der Waals surface area (Å²) in [7, 11) is 0. The first-order valence-corrected chi connectivity index (χ1v) is 9.27. The van der Waals surface area contributed by atoms with Gasteiger partial charge in [0.15, 0.2) is 0 Å². The number of esters is 2. The van der Waals surface area contributed by atoms with Crippen LogP contribution in [0.2, 0.25) is 10.0 Å². The van der Waals surface area contributed by atoms with E-state index in [-0.39, 0.29) is 23.5 Å². The quantitative estimate of drug-likeness (QED) is 0.388. The highest BCUT2D eigenvalue weighted by atomic mass is 35.5. The summed E-state index contributed by atoms with van der Waals surface area (Å²) in [5.74, 6) is -1.13. The molecule has 28 heavy (non-hydrogen) atoms. The molecule has 0 spiro atoms. The zero-order valence-corrected chi connectivity index (χ0v) is 16.2. The summed E-state index contributed by atoms with van der Waals surface area (Å²) in [6.45, 7) is 0.217. The molecule has 3 aromatic carbocycles. The van der Waals surface area contributed by atoms with Gasteiger partial charge in [0.25, 0.3) is 0 Å². The number of hydrogen-bond acceptors (Lipinski definition) is 4. The molecular weight excluding hydrogens is 399 g/mol. The summed E-state index contributed by atoms with van der Waals surface area (Å²) in [4.78, 5) is 24.8. The number of ether oxygens (including phenoxy) is 2. The monoisotopic (exact) mass is 414 g/mol. The largest absolute Gasteiger partial charge is 0.462 e. The summed E-state index contributed by atoms with van der Waals surface area (Å²) in [5.41, 5.74) is 1.41. The maximum absolute atomic E-state index is 12.4. The molecular formula is C22H16Cl2O4. The van der Waals surface area contributed by atoms with Crippen molar-refractivity contribution < 1.29 is 19.1 Å². The van der Waals surface area contributed by atoms with Gasteiger partial charge in [-0.2, -0.15) is 0 Å². The van der Waals surface area contributed by atoms with Crippen molar-refractivity contribution in [2.45, 2.75) is 6.42 Å². The maximum atomic E-state index is 12.4. The second-order valence-corrected chi connectivity index (χ2v) is 6.79. The van der Waals surface area contributed by atoms with E-state index in [4.69, 9.17) is 32.7 Å². The molecule has 0 atom stereocenters. The lowest BCUT2D eigenvalue weighted by Crippen LogP contribution is -2.14. The fourth-order valence-corrected chi connectivity index (χ4v) is 3.06. The lowest BCUT2D eigenvalue weighted by atomic mass is 10.1. The minimum Gasteiger partial charge on any atom is -0.462 e. The number of hydrogen-bond donors (Lipinski definition) is 0. The highest BCUT2D eigenvalue weighted by Crippen LogP contribution is 2.23. The third-order valence-corrected chi connectivity index (χ3v) is 4.31. The molecule has 3 aromatic rings. The molecule has 0 saturated heterocycles. The summed E-state index contributed by atoms with van der Waals surface area (Å²) in [6, 6.07) is 20.5. The number of carbonyl (C=O) groups is 2. The molecule has 142 valence electrons. The first-order chi connectivity index (χ1) is 13.5. The Bertz CT molecular complexity index is 967. The molecule has 0 fully saturated rings. The van der Waals surface area contributed by atoms with Gasteiger partial charge < -0.3 is 9.47 Å². The number of carbonyl (C=O) groups excluding carboxylic acids is 2. The lowest BCUT2D eigenvalue weighted by molar-refractivity contribution is 0.0504. The van der Waals surface area contributed by atoms with Crippen LogP contribution in [0.4, 0.5) is 0 Å².